The Morgan fingerprint density at radius 2 is 1.91 bits per heavy atom. The second-order valence-electron chi connectivity index (χ2n) is 5.00. The molecule has 0 aliphatic rings. The van der Waals surface area contributed by atoms with Gasteiger partial charge in [-0.25, -0.2) is 4.98 Å². The third-order valence-electron chi connectivity index (χ3n) is 2.97. The Kier molecular flexibility index (Phi) is 8.44. The van der Waals surface area contributed by atoms with Crippen molar-refractivity contribution in [3.8, 4) is 0 Å². The Bertz CT molecular complexity index is 602. The van der Waals surface area contributed by atoms with E-state index in [1.54, 1.807) is 6.07 Å². The van der Waals surface area contributed by atoms with Crippen LogP contribution in [0.3, 0.4) is 0 Å². The molecule has 1 aromatic heterocycles. The van der Waals surface area contributed by atoms with E-state index in [-0.39, 0.29) is 24.8 Å². The lowest BCUT2D eigenvalue weighted by atomic mass is 10.2. The van der Waals surface area contributed by atoms with Gasteiger partial charge in [0.15, 0.2) is 0 Å². The molecule has 9 heteroatoms. The first-order valence-electron chi connectivity index (χ1n) is 6.43. The molecule has 23 heavy (non-hydrogen) atoms. The van der Waals surface area contributed by atoms with Gasteiger partial charge < -0.3 is 10.3 Å². The van der Waals surface area contributed by atoms with Crippen LogP contribution in [-0.2, 0) is 19.6 Å². The molecule has 2 rings (SSSR count). The lowest BCUT2D eigenvalue weighted by Crippen LogP contribution is -2.23. The molecule has 2 aromatic rings. The van der Waals surface area contributed by atoms with Crippen molar-refractivity contribution >= 4 is 30.5 Å². The summed E-state index contributed by atoms with van der Waals surface area (Å²) in [5.41, 5.74) is 7.38. The average Bonchev–Trinajstić information content (AvgIpc) is 2.74. The van der Waals surface area contributed by atoms with E-state index < -0.39 is 12.7 Å². The summed E-state index contributed by atoms with van der Waals surface area (Å²) in [6, 6.07) is 7.41. The van der Waals surface area contributed by atoms with Crippen LogP contribution < -0.4 is 5.73 Å². The number of nitrogen functional groups attached to an aromatic ring is 1. The van der Waals surface area contributed by atoms with E-state index >= 15 is 0 Å². The Hall–Kier alpha value is -1.44. The number of halogens is 5. The third-order valence-corrected chi connectivity index (χ3v) is 2.97. The number of rotatable bonds is 5. The molecule has 2 N–H and O–H groups in total. The number of hydrogen-bond acceptors (Lipinski definition) is 3. The molecule has 4 nitrogen and oxygen atoms in total. The van der Waals surface area contributed by atoms with E-state index in [0.29, 0.717) is 24.6 Å². The van der Waals surface area contributed by atoms with Crippen LogP contribution >= 0.6 is 24.8 Å². The number of aromatic nitrogens is 2. The first kappa shape index (κ1) is 21.6. The van der Waals surface area contributed by atoms with E-state index in [2.05, 4.69) is 4.98 Å². The third kappa shape index (κ3) is 7.11. The van der Waals surface area contributed by atoms with Gasteiger partial charge in [-0.05, 0) is 24.7 Å². The number of alkyl halides is 3. The van der Waals surface area contributed by atoms with Crippen LogP contribution in [0.1, 0.15) is 11.4 Å². The minimum absolute atomic E-state index is 0. The number of anilines is 1. The molecule has 130 valence electrons. The second kappa shape index (κ2) is 9.00. The lowest BCUT2D eigenvalue weighted by molar-refractivity contribution is -0.141. The standard InChI is InChI=1S/C14H17F3N4.2ClH/c1-20(8-11-3-2-4-12(18)7-11)9-13-19-5-6-21(13)10-14(15,16)17;;/h2-7H,8-10,18H2,1H3;2*1H. The van der Waals surface area contributed by atoms with Gasteiger partial charge in [-0.3, -0.25) is 4.90 Å². The SMILES string of the molecule is CN(Cc1cccc(N)c1)Cc1nccn1CC(F)(F)F.Cl.Cl. The van der Waals surface area contributed by atoms with Crippen LogP contribution in [0, 0.1) is 0 Å². The summed E-state index contributed by atoms with van der Waals surface area (Å²) in [6.07, 6.45) is -1.52. The molecule has 0 amide bonds. The Morgan fingerprint density at radius 1 is 1.22 bits per heavy atom. The molecular weight excluding hydrogens is 352 g/mol. The molecule has 0 atom stereocenters. The van der Waals surface area contributed by atoms with Gasteiger partial charge in [0.25, 0.3) is 0 Å². The molecule has 1 heterocycles. The lowest BCUT2D eigenvalue weighted by Gasteiger charge is -2.18. The minimum Gasteiger partial charge on any atom is -0.399 e. The van der Waals surface area contributed by atoms with Gasteiger partial charge in [0.2, 0.25) is 0 Å². The molecule has 0 fully saturated rings. The zero-order valence-electron chi connectivity index (χ0n) is 12.5. The molecule has 0 radical (unpaired) electrons. The maximum atomic E-state index is 12.5. The van der Waals surface area contributed by atoms with Gasteiger partial charge in [0.05, 0.1) is 6.54 Å². The van der Waals surface area contributed by atoms with E-state index in [9.17, 15) is 13.2 Å². The number of imidazole rings is 1. The number of nitrogens with zero attached hydrogens (tertiary/aromatic N) is 3. The van der Waals surface area contributed by atoms with Crippen LogP contribution in [0.4, 0.5) is 18.9 Å². The van der Waals surface area contributed by atoms with Crippen LogP contribution in [-0.4, -0.2) is 27.7 Å². The maximum absolute atomic E-state index is 12.5. The summed E-state index contributed by atoms with van der Waals surface area (Å²) in [6.45, 7) is -0.101. The molecule has 0 aliphatic heterocycles. The van der Waals surface area contributed by atoms with E-state index in [1.165, 1.54) is 12.4 Å². The van der Waals surface area contributed by atoms with Crippen molar-refractivity contribution in [3.05, 3.63) is 48.0 Å². The fourth-order valence-corrected chi connectivity index (χ4v) is 2.13. The van der Waals surface area contributed by atoms with E-state index in [0.717, 1.165) is 10.1 Å². The summed E-state index contributed by atoms with van der Waals surface area (Å²) >= 11 is 0. The molecular formula is C14H19Cl2F3N4. The maximum Gasteiger partial charge on any atom is 0.406 e. The van der Waals surface area contributed by atoms with Gasteiger partial charge in [-0.1, -0.05) is 12.1 Å². The normalized spacial score (nSPS) is 11.0. The van der Waals surface area contributed by atoms with Crippen LogP contribution in [0.15, 0.2) is 36.7 Å². The van der Waals surface area contributed by atoms with Crippen LogP contribution in [0.5, 0.6) is 0 Å². The highest BCUT2D eigenvalue weighted by molar-refractivity contribution is 5.85. The summed E-state index contributed by atoms with van der Waals surface area (Å²) in [7, 11) is 1.83. The van der Waals surface area contributed by atoms with Crippen molar-refractivity contribution in [1.29, 1.82) is 0 Å². The van der Waals surface area contributed by atoms with Gasteiger partial charge >= 0.3 is 6.18 Å². The quantitative estimate of drug-likeness (QED) is 0.819. The average molecular weight is 371 g/mol. The van der Waals surface area contributed by atoms with Crippen molar-refractivity contribution in [2.24, 2.45) is 0 Å². The highest BCUT2D eigenvalue weighted by atomic mass is 35.5. The second-order valence-corrected chi connectivity index (χ2v) is 5.00. The highest BCUT2D eigenvalue weighted by Gasteiger charge is 2.28. The Labute approximate surface area is 145 Å². The Morgan fingerprint density at radius 3 is 2.52 bits per heavy atom. The highest BCUT2D eigenvalue weighted by Crippen LogP contribution is 2.19. The monoisotopic (exact) mass is 370 g/mol. The van der Waals surface area contributed by atoms with E-state index in [4.69, 9.17) is 5.73 Å². The van der Waals surface area contributed by atoms with Gasteiger partial charge in [-0.2, -0.15) is 13.2 Å². The summed E-state index contributed by atoms with van der Waals surface area (Å²) < 4.78 is 38.5. The first-order chi connectivity index (χ1) is 9.83. The van der Waals surface area contributed by atoms with Crippen molar-refractivity contribution in [2.45, 2.75) is 25.8 Å². The zero-order chi connectivity index (χ0) is 15.5. The topological polar surface area (TPSA) is 47.1 Å². The number of hydrogen-bond donors (Lipinski definition) is 1. The smallest absolute Gasteiger partial charge is 0.399 e. The molecule has 0 aliphatic carbocycles. The predicted octanol–water partition coefficient (Wildman–Crippen LogP) is 3.50. The van der Waals surface area contributed by atoms with Crippen molar-refractivity contribution in [3.63, 3.8) is 0 Å². The predicted molar refractivity (Wildman–Crippen MR) is 88.8 cm³/mol. The van der Waals surface area contributed by atoms with Gasteiger partial charge in [-0.15, -0.1) is 24.8 Å². The molecule has 1 aromatic carbocycles. The summed E-state index contributed by atoms with van der Waals surface area (Å²) in [5.74, 6) is 0.388. The molecule has 0 saturated heterocycles. The number of benzene rings is 1. The van der Waals surface area contributed by atoms with Crippen LogP contribution in [0.25, 0.3) is 0 Å². The molecule has 0 saturated carbocycles. The summed E-state index contributed by atoms with van der Waals surface area (Å²) in [4.78, 5) is 5.89. The fraction of sp³-hybridized carbons (Fsp3) is 0.357. The van der Waals surface area contributed by atoms with E-state index in [1.807, 2.05) is 30.1 Å². The molecule has 0 bridgehead atoms. The van der Waals surface area contributed by atoms with Crippen molar-refractivity contribution < 1.29 is 13.2 Å². The molecule has 0 spiro atoms. The number of nitrogens with two attached hydrogens (primary N) is 1. The fourth-order valence-electron chi connectivity index (χ4n) is 2.13. The molecule has 0 unspecified atom stereocenters. The minimum atomic E-state index is -4.25. The summed E-state index contributed by atoms with van der Waals surface area (Å²) in [5, 5.41) is 0. The van der Waals surface area contributed by atoms with Gasteiger partial charge in [0, 0.05) is 24.6 Å². The van der Waals surface area contributed by atoms with Crippen molar-refractivity contribution in [1.82, 2.24) is 14.5 Å². The largest absolute Gasteiger partial charge is 0.406 e. The van der Waals surface area contributed by atoms with Crippen LogP contribution in [0.2, 0.25) is 0 Å². The van der Waals surface area contributed by atoms with Crippen molar-refractivity contribution in [2.75, 3.05) is 12.8 Å². The first-order valence-corrected chi connectivity index (χ1v) is 6.43. The Balaban J connectivity index is 0.00000242. The van der Waals surface area contributed by atoms with Gasteiger partial charge in [0.1, 0.15) is 12.4 Å². The zero-order valence-corrected chi connectivity index (χ0v) is 14.1.